The molecule has 0 aromatic heterocycles. The Labute approximate surface area is 111 Å². The van der Waals surface area contributed by atoms with Gasteiger partial charge in [0.25, 0.3) is 0 Å². The normalized spacial score (nSPS) is 11.7. The van der Waals surface area contributed by atoms with E-state index in [0.29, 0.717) is 11.0 Å². The van der Waals surface area contributed by atoms with Crippen LogP contribution in [0.25, 0.3) is 0 Å². The third kappa shape index (κ3) is 4.34. The van der Waals surface area contributed by atoms with Crippen LogP contribution >= 0.6 is 11.8 Å². The molecule has 1 rings (SSSR count). The Kier molecular flexibility index (Phi) is 5.22. The first kappa shape index (κ1) is 15.0. The van der Waals surface area contributed by atoms with Crippen molar-refractivity contribution in [2.75, 3.05) is 11.5 Å². The molecule has 100 valence electrons. The highest BCUT2D eigenvalue weighted by atomic mass is 32.2. The predicted octanol–water partition coefficient (Wildman–Crippen LogP) is 2.30. The molecule has 1 N–H and O–H groups in total. The summed E-state index contributed by atoms with van der Waals surface area (Å²) in [5.74, 6) is -0.584. The van der Waals surface area contributed by atoms with Crippen molar-refractivity contribution in [3.8, 4) is 0 Å². The Bertz CT molecular complexity index is 521. The molecule has 0 amide bonds. The summed E-state index contributed by atoms with van der Waals surface area (Å²) in [6, 6.07) is 5.47. The van der Waals surface area contributed by atoms with Crippen LogP contribution in [-0.4, -0.2) is 36.2 Å². The predicted molar refractivity (Wildman–Crippen MR) is 73.0 cm³/mol. The van der Waals surface area contributed by atoms with Gasteiger partial charge in [-0.25, -0.2) is 13.2 Å². The lowest BCUT2D eigenvalue weighted by molar-refractivity contribution is 0.0696. The molecule has 0 unspecified atom stereocenters. The van der Waals surface area contributed by atoms with E-state index in [2.05, 4.69) is 0 Å². The van der Waals surface area contributed by atoms with Crippen molar-refractivity contribution in [3.05, 3.63) is 29.8 Å². The van der Waals surface area contributed by atoms with Crippen molar-refractivity contribution in [1.82, 2.24) is 0 Å². The number of sulfone groups is 1. The molecule has 0 aliphatic heterocycles. The minimum Gasteiger partial charge on any atom is -0.478 e. The minimum atomic E-state index is -3.40. The monoisotopic (exact) mass is 288 g/mol. The SMILES string of the molecule is CC(C)SCCS(=O)(=O)c1cccc(C(=O)O)c1. The Morgan fingerprint density at radius 2 is 2.06 bits per heavy atom. The van der Waals surface area contributed by atoms with Crippen molar-refractivity contribution in [1.29, 1.82) is 0 Å². The Morgan fingerprint density at radius 3 is 2.61 bits per heavy atom. The Hall–Kier alpha value is -1.01. The summed E-state index contributed by atoms with van der Waals surface area (Å²) in [4.78, 5) is 10.9. The molecule has 4 nitrogen and oxygen atoms in total. The highest BCUT2D eigenvalue weighted by Crippen LogP contribution is 2.16. The smallest absolute Gasteiger partial charge is 0.335 e. The molecule has 6 heteroatoms. The van der Waals surface area contributed by atoms with Crippen LogP contribution < -0.4 is 0 Å². The average Bonchev–Trinajstić information content (AvgIpc) is 2.28. The first-order chi connectivity index (χ1) is 8.33. The molecule has 0 spiro atoms. The van der Waals surface area contributed by atoms with Gasteiger partial charge in [-0.2, -0.15) is 11.8 Å². The van der Waals surface area contributed by atoms with Gasteiger partial charge in [0.2, 0.25) is 0 Å². The Balaban J connectivity index is 2.85. The number of thioether (sulfide) groups is 1. The van der Waals surface area contributed by atoms with Crippen LogP contribution in [0.3, 0.4) is 0 Å². The van der Waals surface area contributed by atoms with E-state index in [0.717, 1.165) is 0 Å². The summed E-state index contributed by atoms with van der Waals surface area (Å²) in [5.41, 5.74) is -0.00686. The van der Waals surface area contributed by atoms with Gasteiger partial charge in [0.1, 0.15) is 0 Å². The van der Waals surface area contributed by atoms with E-state index in [1.165, 1.54) is 24.3 Å². The van der Waals surface area contributed by atoms with Crippen molar-refractivity contribution in [3.63, 3.8) is 0 Å². The lowest BCUT2D eigenvalue weighted by atomic mass is 10.2. The van der Waals surface area contributed by atoms with Gasteiger partial charge in [0.05, 0.1) is 16.2 Å². The number of carbonyl (C=O) groups is 1. The Morgan fingerprint density at radius 1 is 1.39 bits per heavy atom. The molecular weight excluding hydrogens is 272 g/mol. The fourth-order valence-electron chi connectivity index (χ4n) is 1.33. The van der Waals surface area contributed by atoms with E-state index in [4.69, 9.17) is 5.11 Å². The molecule has 18 heavy (non-hydrogen) atoms. The van der Waals surface area contributed by atoms with Crippen molar-refractivity contribution in [2.45, 2.75) is 24.0 Å². The third-order valence-electron chi connectivity index (χ3n) is 2.24. The van der Waals surface area contributed by atoms with Gasteiger partial charge >= 0.3 is 5.97 Å². The van der Waals surface area contributed by atoms with Gasteiger partial charge in [0.15, 0.2) is 9.84 Å². The fraction of sp³-hybridized carbons (Fsp3) is 0.417. The van der Waals surface area contributed by atoms with Gasteiger partial charge in [-0.05, 0) is 23.4 Å². The van der Waals surface area contributed by atoms with Gasteiger partial charge in [-0.1, -0.05) is 19.9 Å². The number of carboxylic acid groups (broad SMARTS) is 1. The van der Waals surface area contributed by atoms with Crippen LogP contribution in [0.5, 0.6) is 0 Å². The van der Waals surface area contributed by atoms with E-state index in [1.54, 1.807) is 11.8 Å². The van der Waals surface area contributed by atoms with Crippen LogP contribution in [0.1, 0.15) is 24.2 Å². The molecule has 0 atom stereocenters. The maximum absolute atomic E-state index is 12.0. The molecule has 0 fully saturated rings. The number of hydrogen-bond acceptors (Lipinski definition) is 4. The standard InChI is InChI=1S/C12H16O4S2/c1-9(2)17-6-7-18(15,16)11-5-3-4-10(8-11)12(13)14/h3-5,8-9H,6-7H2,1-2H3,(H,13,14). The zero-order chi connectivity index (χ0) is 13.8. The van der Waals surface area contributed by atoms with Crippen LogP contribution in [0.15, 0.2) is 29.2 Å². The van der Waals surface area contributed by atoms with Crippen LogP contribution in [0, 0.1) is 0 Å². The van der Waals surface area contributed by atoms with Gasteiger partial charge in [0, 0.05) is 5.75 Å². The topological polar surface area (TPSA) is 71.4 Å². The van der Waals surface area contributed by atoms with Crippen molar-refractivity contribution < 1.29 is 18.3 Å². The molecule has 0 bridgehead atoms. The number of carboxylic acids is 1. The molecule has 0 saturated carbocycles. The van der Waals surface area contributed by atoms with E-state index in [9.17, 15) is 13.2 Å². The second-order valence-electron chi connectivity index (χ2n) is 4.07. The summed E-state index contributed by atoms with van der Waals surface area (Å²) in [6.07, 6.45) is 0. The molecular formula is C12H16O4S2. The van der Waals surface area contributed by atoms with E-state index < -0.39 is 15.8 Å². The molecule has 0 saturated heterocycles. The highest BCUT2D eigenvalue weighted by Gasteiger charge is 2.16. The zero-order valence-corrected chi connectivity index (χ0v) is 11.9. The first-order valence-corrected chi connectivity index (χ1v) is 8.21. The lowest BCUT2D eigenvalue weighted by Crippen LogP contribution is -2.11. The molecule has 1 aromatic rings. The van der Waals surface area contributed by atoms with Gasteiger partial charge in [-0.15, -0.1) is 0 Å². The number of benzene rings is 1. The van der Waals surface area contributed by atoms with Gasteiger partial charge < -0.3 is 5.11 Å². The maximum Gasteiger partial charge on any atom is 0.335 e. The van der Waals surface area contributed by atoms with Gasteiger partial charge in [-0.3, -0.25) is 0 Å². The zero-order valence-electron chi connectivity index (χ0n) is 10.3. The number of hydrogen-bond donors (Lipinski definition) is 1. The van der Waals surface area contributed by atoms with E-state index >= 15 is 0 Å². The molecule has 0 radical (unpaired) electrons. The fourth-order valence-corrected chi connectivity index (χ4v) is 3.90. The quantitative estimate of drug-likeness (QED) is 0.869. The van der Waals surface area contributed by atoms with Crippen molar-refractivity contribution >= 4 is 27.6 Å². The summed E-state index contributed by atoms with van der Waals surface area (Å²) in [5, 5.41) is 9.21. The summed E-state index contributed by atoms with van der Waals surface area (Å²) < 4.78 is 24.0. The number of rotatable bonds is 6. The van der Waals surface area contributed by atoms with Crippen LogP contribution in [0.4, 0.5) is 0 Å². The molecule has 0 aliphatic rings. The maximum atomic E-state index is 12.0. The second-order valence-corrected chi connectivity index (χ2v) is 7.86. The van der Waals surface area contributed by atoms with Crippen molar-refractivity contribution in [2.24, 2.45) is 0 Å². The number of aromatic carboxylic acids is 1. The van der Waals surface area contributed by atoms with E-state index in [-0.39, 0.29) is 16.2 Å². The largest absolute Gasteiger partial charge is 0.478 e. The summed E-state index contributed by atoms with van der Waals surface area (Å²) >= 11 is 1.57. The second kappa shape index (κ2) is 6.24. The molecule has 1 aromatic carbocycles. The molecule has 0 aliphatic carbocycles. The van der Waals surface area contributed by atoms with Crippen LogP contribution in [-0.2, 0) is 9.84 Å². The summed E-state index contributed by atoms with van der Waals surface area (Å²) in [7, 11) is -3.40. The van der Waals surface area contributed by atoms with Crippen LogP contribution in [0.2, 0.25) is 0 Å². The highest BCUT2D eigenvalue weighted by molar-refractivity contribution is 8.01. The first-order valence-electron chi connectivity index (χ1n) is 5.50. The minimum absolute atomic E-state index is 0.00686. The summed E-state index contributed by atoms with van der Waals surface area (Å²) in [6.45, 7) is 4.00. The lowest BCUT2D eigenvalue weighted by Gasteiger charge is -2.07. The third-order valence-corrected chi connectivity index (χ3v) is 5.32. The average molecular weight is 288 g/mol. The van der Waals surface area contributed by atoms with E-state index in [1.807, 2.05) is 13.8 Å². The molecule has 0 heterocycles.